The molecule has 1 N–H and O–H groups in total. The Bertz CT molecular complexity index is 575. The maximum atomic E-state index is 11.0. The van der Waals surface area contributed by atoms with Gasteiger partial charge < -0.3 is 10.0 Å². The van der Waals surface area contributed by atoms with Gasteiger partial charge in [0.2, 0.25) is 0 Å². The van der Waals surface area contributed by atoms with E-state index in [0.717, 1.165) is 0 Å². The lowest BCUT2D eigenvalue weighted by molar-refractivity contribution is 0.0697. The molecular formula is C12H10ClN3O2. The molecule has 6 heteroatoms. The van der Waals surface area contributed by atoms with Crippen molar-refractivity contribution in [2.24, 2.45) is 0 Å². The predicted octanol–water partition coefficient (Wildman–Crippen LogP) is 2.60. The van der Waals surface area contributed by atoms with Crippen molar-refractivity contribution in [2.75, 3.05) is 11.9 Å². The highest BCUT2D eigenvalue weighted by atomic mass is 35.5. The Balaban J connectivity index is 2.40. The number of carbonyl (C=O) groups is 1. The van der Waals surface area contributed by atoms with Crippen LogP contribution in [0, 0.1) is 0 Å². The molecule has 0 amide bonds. The lowest BCUT2D eigenvalue weighted by atomic mass is 10.2. The molecule has 5 nitrogen and oxygen atoms in total. The summed E-state index contributed by atoms with van der Waals surface area (Å²) in [6.45, 7) is 0. The van der Waals surface area contributed by atoms with Crippen molar-refractivity contribution in [1.82, 2.24) is 9.97 Å². The minimum absolute atomic E-state index is 0.0649. The summed E-state index contributed by atoms with van der Waals surface area (Å²) in [5.74, 6) is -0.387. The maximum absolute atomic E-state index is 11.0. The van der Waals surface area contributed by atoms with Crippen molar-refractivity contribution in [2.45, 2.75) is 0 Å². The number of hydrogen-bond acceptors (Lipinski definition) is 4. The fourth-order valence-electron chi connectivity index (χ4n) is 1.50. The molecule has 18 heavy (non-hydrogen) atoms. The number of carboxylic acids is 1. The van der Waals surface area contributed by atoms with Gasteiger partial charge in [0, 0.05) is 18.9 Å². The molecule has 0 unspecified atom stereocenters. The number of benzene rings is 1. The van der Waals surface area contributed by atoms with Gasteiger partial charge in [-0.25, -0.2) is 14.8 Å². The van der Waals surface area contributed by atoms with Crippen LogP contribution in [0.3, 0.4) is 0 Å². The van der Waals surface area contributed by atoms with Crippen LogP contribution >= 0.6 is 11.6 Å². The van der Waals surface area contributed by atoms with E-state index in [4.69, 9.17) is 16.7 Å². The van der Waals surface area contributed by atoms with Gasteiger partial charge in [-0.15, -0.1) is 0 Å². The molecule has 0 aliphatic carbocycles. The van der Waals surface area contributed by atoms with Gasteiger partial charge in [-0.05, 0) is 24.3 Å². The highest BCUT2D eigenvalue weighted by molar-refractivity contribution is 6.33. The van der Waals surface area contributed by atoms with Crippen molar-refractivity contribution in [1.29, 1.82) is 0 Å². The number of carboxylic acid groups (broad SMARTS) is 1. The second-order valence-corrected chi connectivity index (χ2v) is 4.00. The summed E-state index contributed by atoms with van der Waals surface area (Å²) in [5, 5.41) is 9.22. The molecule has 1 heterocycles. The summed E-state index contributed by atoms with van der Waals surface area (Å²) in [4.78, 5) is 20.7. The van der Waals surface area contributed by atoms with Gasteiger partial charge in [0.15, 0.2) is 0 Å². The Labute approximate surface area is 109 Å². The largest absolute Gasteiger partial charge is 0.478 e. The van der Waals surface area contributed by atoms with Gasteiger partial charge in [-0.1, -0.05) is 11.6 Å². The molecule has 0 aliphatic heterocycles. The molecule has 0 saturated carbocycles. The van der Waals surface area contributed by atoms with Crippen LogP contribution in [0.5, 0.6) is 0 Å². The summed E-state index contributed by atoms with van der Waals surface area (Å²) in [6, 6.07) is 6.52. The third-order valence-corrected chi connectivity index (χ3v) is 2.81. The fourth-order valence-corrected chi connectivity index (χ4v) is 1.70. The standard InChI is InChI=1S/C12H10ClN3O2/c1-16(11-4-5-14-7-15-11)8-2-3-10(13)9(6-8)12(17)18/h2-7H,1H3,(H,17,18). The highest BCUT2D eigenvalue weighted by Gasteiger charge is 2.12. The quantitative estimate of drug-likeness (QED) is 0.922. The van der Waals surface area contributed by atoms with Crippen molar-refractivity contribution in [3.05, 3.63) is 47.4 Å². The summed E-state index contributed by atoms with van der Waals surface area (Å²) < 4.78 is 0. The van der Waals surface area contributed by atoms with Gasteiger partial charge in [0.1, 0.15) is 12.1 Å². The van der Waals surface area contributed by atoms with Crippen molar-refractivity contribution >= 4 is 29.1 Å². The molecule has 0 atom stereocenters. The molecule has 0 spiro atoms. The lowest BCUT2D eigenvalue weighted by Crippen LogP contribution is -2.12. The average molecular weight is 264 g/mol. The third kappa shape index (κ3) is 2.41. The summed E-state index contributed by atoms with van der Waals surface area (Å²) in [5.41, 5.74) is 0.755. The molecule has 2 rings (SSSR count). The van der Waals surface area contributed by atoms with E-state index in [2.05, 4.69) is 9.97 Å². The molecular weight excluding hydrogens is 254 g/mol. The van der Waals surface area contributed by atoms with Crippen molar-refractivity contribution in [3.8, 4) is 0 Å². The molecule has 2 aromatic rings. The first-order valence-electron chi connectivity index (χ1n) is 5.12. The zero-order chi connectivity index (χ0) is 13.1. The van der Waals surface area contributed by atoms with E-state index >= 15 is 0 Å². The summed E-state index contributed by atoms with van der Waals surface area (Å²) >= 11 is 5.82. The Morgan fingerprint density at radius 2 is 2.17 bits per heavy atom. The van der Waals surface area contributed by atoms with Crippen LogP contribution in [0.4, 0.5) is 11.5 Å². The number of hydrogen-bond donors (Lipinski definition) is 1. The van der Waals surface area contributed by atoms with Gasteiger partial charge in [0.05, 0.1) is 10.6 Å². The Hall–Kier alpha value is -2.14. The lowest BCUT2D eigenvalue weighted by Gasteiger charge is -2.18. The highest BCUT2D eigenvalue weighted by Crippen LogP contribution is 2.26. The van der Waals surface area contributed by atoms with Crippen LogP contribution in [-0.4, -0.2) is 28.1 Å². The van der Waals surface area contributed by atoms with Gasteiger partial charge in [-0.3, -0.25) is 0 Å². The van der Waals surface area contributed by atoms with E-state index in [1.54, 1.807) is 36.3 Å². The zero-order valence-corrected chi connectivity index (χ0v) is 10.3. The third-order valence-electron chi connectivity index (χ3n) is 2.48. The minimum atomic E-state index is -1.06. The second kappa shape index (κ2) is 5.01. The second-order valence-electron chi connectivity index (χ2n) is 3.60. The smallest absolute Gasteiger partial charge is 0.337 e. The average Bonchev–Trinajstić information content (AvgIpc) is 2.39. The SMILES string of the molecule is CN(c1ccc(Cl)c(C(=O)O)c1)c1ccncn1. The van der Waals surface area contributed by atoms with E-state index in [-0.39, 0.29) is 10.6 Å². The fraction of sp³-hybridized carbons (Fsp3) is 0.0833. The first-order valence-corrected chi connectivity index (χ1v) is 5.50. The van der Waals surface area contributed by atoms with E-state index in [1.807, 2.05) is 0 Å². The van der Waals surface area contributed by atoms with E-state index < -0.39 is 5.97 Å². The topological polar surface area (TPSA) is 66.3 Å². The van der Waals surface area contributed by atoms with Gasteiger partial charge in [-0.2, -0.15) is 0 Å². The van der Waals surface area contributed by atoms with E-state index in [9.17, 15) is 4.79 Å². The van der Waals surface area contributed by atoms with Gasteiger partial charge >= 0.3 is 5.97 Å². The molecule has 0 fully saturated rings. The Morgan fingerprint density at radius 1 is 1.39 bits per heavy atom. The van der Waals surface area contributed by atoms with Crippen LogP contribution in [0.15, 0.2) is 36.8 Å². The van der Waals surface area contributed by atoms with Crippen molar-refractivity contribution in [3.63, 3.8) is 0 Å². The maximum Gasteiger partial charge on any atom is 0.337 e. The molecule has 0 bridgehead atoms. The van der Waals surface area contributed by atoms with E-state index in [0.29, 0.717) is 11.5 Å². The predicted molar refractivity (Wildman–Crippen MR) is 68.5 cm³/mol. The molecule has 0 radical (unpaired) electrons. The van der Waals surface area contributed by atoms with E-state index in [1.165, 1.54) is 12.4 Å². The van der Waals surface area contributed by atoms with Gasteiger partial charge in [0.25, 0.3) is 0 Å². The Kier molecular flexibility index (Phi) is 3.43. The summed E-state index contributed by atoms with van der Waals surface area (Å²) in [6.07, 6.45) is 3.05. The van der Waals surface area contributed by atoms with Crippen LogP contribution in [0.2, 0.25) is 5.02 Å². The van der Waals surface area contributed by atoms with Crippen LogP contribution in [0.25, 0.3) is 0 Å². The number of aromatic carboxylic acids is 1. The zero-order valence-electron chi connectivity index (χ0n) is 9.54. The van der Waals surface area contributed by atoms with Crippen LogP contribution in [0.1, 0.15) is 10.4 Å². The van der Waals surface area contributed by atoms with Crippen LogP contribution < -0.4 is 4.90 Å². The number of aromatic nitrogens is 2. The molecule has 0 aliphatic rings. The minimum Gasteiger partial charge on any atom is -0.478 e. The molecule has 92 valence electrons. The first-order chi connectivity index (χ1) is 8.59. The van der Waals surface area contributed by atoms with Crippen LogP contribution in [-0.2, 0) is 0 Å². The number of anilines is 2. The molecule has 1 aromatic carbocycles. The Morgan fingerprint density at radius 3 is 2.78 bits per heavy atom. The molecule has 1 aromatic heterocycles. The van der Waals surface area contributed by atoms with Crippen molar-refractivity contribution < 1.29 is 9.90 Å². The number of rotatable bonds is 3. The monoisotopic (exact) mass is 263 g/mol. The summed E-state index contributed by atoms with van der Waals surface area (Å²) in [7, 11) is 1.79. The number of halogens is 1. The normalized spacial score (nSPS) is 10.1. The number of nitrogens with zero attached hydrogens (tertiary/aromatic N) is 3. The molecule has 0 saturated heterocycles. The first kappa shape index (κ1) is 12.3.